The van der Waals surface area contributed by atoms with E-state index in [1.807, 2.05) is 6.07 Å². The SMILES string of the molecule is O=C(Nc1sccc1C(=O)O)c1cc(Br)cc(Br)c1. The van der Waals surface area contributed by atoms with Crippen LogP contribution in [0.25, 0.3) is 0 Å². The number of carboxylic acid groups (broad SMARTS) is 1. The first kappa shape index (κ1) is 14.2. The Bertz CT molecular complexity index is 634. The van der Waals surface area contributed by atoms with E-state index in [9.17, 15) is 9.59 Å². The maximum Gasteiger partial charge on any atom is 0.338 e. The van der Waals surface area contributed by atoms with E-state index in [2.05, 4.69) is 37.2 Å². The Balaban J connectivity index is 2.25. The summed E-state index contributed by atoms with van der Waals surface area (Å²) >= 11 is 7.76. The normalized spacial score (nSPS) is 10.2. The van der Waals surface area contributed by atoms with Crippen LogP contribution < -0.4 is 5.32 Å². The zero-order chi connectivity index (χ0) is 14.0. The van der Waals surface area contributed by atoms with Crippen molar-refractivity contribution in [2.75, 3.05) is 5.32 Å². The first-order valence-electron chi connectivity index (χ1n) is 5.05. The van der Waals surface area contributed by atoms with Gasteiger partial charge < -0.3 is 10.4 Å². The number of hydrogen-bond donors (Lipinski definition) is 2. The Labute approximate surface area is 129 Å². The fourth-order valence-electron chi connectivity index (χ4n) is 1.43. The summed E-state index contributed by atoms with van der Waals surface area (Å²) in [7, 11) is 0. The van der Waals surface area contributed by atoms with Crippen molar-refractivity contribution in [1.82, 2.24) is 0 Å². The van der Waals surface area contributed by atoms with Gasteiger partial charge in [-0.15, -0.1) is 11.3 Å². The van der Waals surface area contributed by atoms with Gasteiger partial charge >= 0.3 is 5.97 Å². The van der Waals surface area contributed by atoms with E-state index in [1.54, 1.807) is 17.5 Å². The van der Waals surface area contributed by atoms with Crippen molar-refractivity contribution in [3.63, 3.8) is 0 Å². The zero-order valence-electron chi connectivity index (χ0n) is 9.31. The van der Waals surface area contributed by atoms with Crippen LogP contribution in [-0.2, 0) is 0 Å². The molecule has 7 heteroatoms. The summed E-state index contributed by atoms with van der Waals surface area (Å²) in [4.78, 5) is 23.0. The molecule has 2 aromatic rings. The lowest BCUT2D eigenvalue weighted by Crippen LogP contribution is -2.13. The quantitative estimate of drug-likeness (QED) is 0.804. The van der Waals surface area contributed by atoms with Crippen LogP contribution in [0.15, 0.2) is 38.6 Å². The number of nitrogens with one attached hydrogen (secondary N) is 1. The molecule has 0 saturated carbocycles. The largest absolute Gasteiger partial charge is 0.478 e. The van der Waals surface area contributed by atoms with Crippen LogP contribution in [0.4, 0.5) is 5.00 Å². The van der Waals surface area contributed by atoms with Gasteiger partial charge in [-0.2, -0.15) is 0 Å². The predicted molar refractivity (Wildman–Crippen MR) is 81.1 cm³/mol. The number of carbonyl (C=O) groups is 2. The molecule has 0 aliphatic heterocycles. The molecule has 0 bridgehead atoms. The molecule has 0 spiro atoms. The van der Waals surface area contributed by atoms with Crippen molar-refractivity contribution in [3.05, 3.63) is 49.7 Å². The molecule has 2 N–H and O–H groups in total. The second-order valence-electron chi connectivity index (χ2n) is 3.58. The minimum atomic E-state index is -1.06. The van der Waals surface area contributed by atoms with Crippen molar-refractivity contribution in [2.45, 2.75) is 0 Å². The van der Waals surface area contributed by atoms with Crippen molar-refractivity contribution < 1.29 is 14.7 Å². The van der Waals surface area contributed by atoms with Crippen LogP contribution in [0.1, 0.15) is 20.7 Å². The fourth-order valence-corrected chi connectivity index (χ4v) is 3.50. The molecule has 1 aromatic carbocycles. The molecule has 1 heterocycles. The average molecular weight is 405 g/mol. The van der Waals surface area contributed by atoms with Gasteiger partial charge in [0.1, 0.15) is 5.00 Å². The number of thiophene rings is 1. The van der Waals surface area contributed by atoms with Crippen LogP contribution >= 0.6 is 43.2 Å². The number of carbonyl (C=O) groups excluding carboxylic acids is 1. The predicted octanol–water partition coefficient (Wildman–Crippen LogP) is 4.22. The van der Waals surface area contributed by atoms with Gasteiger partial charge in [0.15, 0.2) is 0 Å². The molecule has 0 radical (unpaired) electrons. The third-order valence-electron chi connectivity index (χ3n) is 2.25. The van der Waals surface area contributed by atoms with Gasteiger partial charge in [0.05, 0.1) is 5.56 Å². The molecule has 0 saturated heterocycles. The van der Waals surface area contributed by atoms with Gasteiger partial charge in [0.25, 0.3) is 5.91 Å². The number of halogens is 2. The highest BCUT2D eigenvalue weighted by molar-refractivity contribution is 9.11. The topological polar surface area (TPSA) is 66.4 Å². The molecule has 1 amide bonds. The monoisotopic (exact) mass is 403 g/mol. The smallest absolute Gasteiger partial charge is 0.338 e. The average Bonchev–Trinajstić information content (AvgIpc) is 2.75. The number of hydrogen-bond acceptors (Lipinski definition) is 3. The summed E-state index contributed by atoms with van der Waals surface area (Å²) in [5.41, 5.74) is 0.526. The highest BCUT2D eigenvalue weighted by Crippen LogP contribution is 2.25. The second-order valence-corrected chi connectivity index (χ2v) is 6.33. The molecular weight excluding hydrogens is 398 g/mol. The van der Waals surface area contributed by atoms with E-state index in [0.717, 1.165) is 8.95 Å². The number of anilines is 1. The summed E-state index contributed by atoms with van der Waals surface area (Å²) in [6, 6.07) is 6.59. The summed E-state index contributed by atoms with van der Waals surface area (Å²) in [6.07, 6.45) is 0. The van der Waals surface area contributed by atoms with E-state index >= 15 is 0 Å². The van der Waals surface area contributed by atoms with Crippen LogP contribution in [0.5, 0.6) is 0 Å². The highest BCUT2D eigenvalue weighted by atomic mass is 79.9. The van der Waals surface area contributed by atoms with Crippen LogP contribution in [0.3, 0.4) is 0 Å². The Hall–Kier alpha value is -1.18. The van der Waals surface area contributed by atoms with Crippen LogP contribution in [0, 0.1) is 0 Å². The summed E-state index contributed by atoms with van der Waals surface area (Å²) in [5.74, 6) is -1.42. The molecule has 2 rings (SSSR count). The van der Waals surface area contributed by atoms with Gasteiger partial charge in [-0.1, -0.05) is 31.9 Å². The highest BCUT2D eigenvalue weighted by Gasteiger charge is 2.15. The molecule has 0 fully saturated rings. The molecule has 0 unspecified atom stereocenters. The maximum absolute atomic E-state index is 12.1. The fraction of sp³-hybridized carbons (Fsp3) is 0. The van der Waals surface area contributed by atoms with Crippen molar-refractivity contribution >= 4 is 60.1 Å². The molecule has 98 valence electrons. The zero-order valence-corrected chi connectivity index (χ0v) is 13.3. The van der Waals surface area contributed by atoms with Crippen molar-refractivity contribution in [1.29, 1.82) is 0 Å². The summed E-state index contributed by atoms with van der Waals surface area (Å²) < 4.78 is 1.52. The number of aromatic carboxylic acids is 1. The summed E-state index contributed by atoms with van der Waals surface area (Å²) in [5, 5.41) is 13.5. The van der Waals surface area contributed by atoms with E-state index < -0.39 is 5.97 Å². The van der Waals surface area contributed by atoms with Crippen molar-refractivity contribution in [2.24, 2.45) is 0 Å². The molecule has 4 nitrogen and oxygen atoms in total. The van der Waals surface area contributed by atoms with E-state index in [4.69, 9.17) is 5.11 Å². The number of amides is 1. The lowest BCUT2D eigenvalue weighted by molar-refractivity contribution is 0.0698. The van der Waals surface area contributed by atoms with Gasteiger partial charge in [-0.25, -0.2) is 4.79 Å². The minimum Gasteiger partial charge on any atom is -0.478 e. The molecule has 0 aliphatic carbocycles. The first-order valence-corrected chi connectivity index (χ1v) is 7.52. The van der Waals surface area contributed by atoms with E-state index in [1.165, 1.54) is 17.4 Å². The van der Waals surface area contributed by atoms with E-state index in [0.29, 0.717) is 10.6 Å². The van der Waals surface area contributed by atoms with Crippen molar-refractivity contribution in [3.8, 4) is 0 Å². The lowest BCUT2D eigenvalue weighted by Gasteiger charge is -2.05. The number of carboxylic acids is 1. The third kappa shape index (κ3) is 3.43. The lowest BCUT2D eigenvalue weighted by atomic mass is 10.2. The Morgan fingerprint density at radius 2 is 1.79 bits per heavy atom. The minimum absolute atomic E-state index is 0.0902. The van der Waals surface area contributed by atoms with Crippen LogP contribution in [0.2, 0.25) is 0 Å². The standard InChI is InChI=1S/C12H7Br2NO3S/c13-7-3-6(4-8(14)5-7)10(16)15-11-9(12(17)18)1-2-19-11/h1-5H,(H,15,16)(H,17,18). The molecular formula is C12H7Br2NO3S. The van der Waals surface area contributed by atoms with Gasteiger partial charge in [0, 0.05) is 14.5 Å². The molecule has 0 aliphatic rings. The molecule has 0 atom stereocenters. The van der Waals surface area contributed by atoms with E-state index in [-0.39, 0.29) is 11.5 Å². The van der Waals surface area contributed by atoms with Gasteiger partial charge in [0.2, 0.25) is 0 Å². The Morgan fingerprint density at radius 1 is 1.16 bits per heavy atom. The van der Waals surface area contributed by atoms with Gasteiger partial charge in [-0.05, 0) is 29.6 Å². The molecule has 1 aromatic heterocycles. The molecule has 19 heavy (non-hydrogen) atoms. The number of benzene rings is 1. The maximum atomic E-state index is 12.1. The van der Waals surface area contributed by atoms with Gasteiger partial charge in [-0.3, -0.25) is 4.79 Å². The number of rotatable bonds is 3. The second kappa shape index (κ2) is 5.85. The Morgan fingerprint density at radius 3 is 2.37 bits per heavy atom. The Kier molecular flexibility index (Phi) is 4.38. The summed E-state index contributed by atoms with van der Waals surface area (Å²) in [6.45, 7) is 0. The third-order valence-corrected chi connectivity index (χ3v) is 3.99. The first-order chi connectivity index (χ1) is 8.97. The van der Waals surface area contributed by atoms with Crippen LogP contribution in [-0.4, -0.2) is 17.0 Å².